The molecule has 0 N–H and O–H groups in total. The second-order valence-corrected chi connectivity index (χ2v) is 7.72. The van der Waals surface area contributed by atoms with Crippen LogP contribution in [0.2, 0.25) is 0 Å². The minimum atomic E-state index is -0.481. The summed E-state index contributed by atoms with van der Waals surface area (Å²) in [4.78, 5) is 23.4. The van der Waals surface area contributed by atoms with E-state index in [1.54, 1.807) is 6.08 Å². The van der Waals surface area contributed by atoms with Gasteiger partial charge in [-0.1, -0.05) is 109 Å². The van der Waals surface area contributed by atoms with Gasteiger partial charge in [0.05, 0.1) is 19.6 Å². The molecule has 0 spiro atoms. The molecule has 0 unspecified atom stereocenters. The molecule has 4 nitrogen and oxygen atoms in total. The molecule has 0 saturated carbocycles. The molecule has 174 valence electrons. The highest BCUT2D eigenvalue weighted by molar-refractivity contribution is 5.93. The first-order chi connectivity index (χ1) is 14.4. The van der Waals surface area contributed by atoms with Gasteiger partial charge in [0.15, 0.2) is 0 Å². The van der Waals surface area contributed by atoms with Crippen molar-refractivity contribution in [3.05, 3.63) is 37.0 Å². The fourth-order valence-corrected chi connectivity index (χ4v) is 2.52. The largest absolute Gasteiger partial charge is 0.465 e. The third-order valence-corrected chi connectivity index (χ3v) is 4.49. The summed E-state index contributed by atoms with van der Waals surface area (Å²) in [5.74, 6) is -0.875. The van der Waals surface area contributed by atoms with Crippen LogP contribution in [0.3, 0.4) is 0 Å². The van der Waals surface area contributed by atoms with Crippen LogP contribution in [0.25, 0.3) is 0 Å². The van der Waals surface area contributed by atoms with Gasteiger partial charge in [-0.15, -0.1) is 0 Å². The summed E-state index contributed by atoms with van der Waals surface area (Å²) in [5.41, 5.74) is 1.20. The van der Waals surface area contributed by atoms with Gasteiger partial charge in [0.2, 0.25) is 0 Å². The number of carbonyl (C=O) groups excluding carboxylic acids is 2. The summed E-state index contributed by atoms with van der Waals surface area (Å²) in [5, 5.41) is 0. The molecule has 0 aliphatic carbocycles. The van der Waals surface area contributed by atoms with Crippen molar-refractivity contribution < 1.29 is 19.1 Å². The van der Waals surface area contributed by atoms with E-state index in [1.165, 1.54) is 51.4 Å². The molecule has 0 rings (SSSR count). The van der Waals surface area contributed by atoms with Gasteiger partial charge in [0, 0.05) is 5.57 Å². The summed E-state index contributed by atoms with van der Waals surface area (Å²) >= 11 is 0. The van der Waals surface area contributed by atoms with Crippen molar-refractivity contribution in [2.24, 2.45) is 0 Å². The van der Waals surface area contributed by atoms with E-state index >= 15 is 0 Å². The highest BCUT2D eigenvalue weighted by Gasteiger charge is 2.14. The molecule has 0 amide bonds. The first-order valence-electron chi connectivity index (χ1n) is 11.7. The smallest absolute Gasteiger partial charge is 0.333 e. The number of unbranched alkanes of at least 4 members (excludes halogenated alkanes) is 10. The molecule has 0 fully saturated rings. The minimum Gasteiger partial charge on any atom is -0.465 e. The molecular formula is C26H46O4. The van der Waals surface area contributed by atoms with Gasteiger partial charge >= 0.3 is 11.9 Å². The topological polar surface area (TPSA) is 52.6 Å². The SMILES string of the molecule is C=C(CC(=O)OCCCCCCCC)C(=O)OCCCCCCCC.C=CC(=C)C. The number of hydrogen-bond acceptors (Lipinski definition) is 4. The van der Waals surface area contributed by atoms with Gasteiger partial charge in [-0.25, -0.2) is 4.79 Å². The predicted octanol–water partition coefficient (Wildman–Crippen LogP) is 7.49. The van der Waals surface area contributed by atoms with E-state index in [9.17, 15) is 9.59 Å². The second kappa shape index (κ2) is 23.4. The van der Waals surface area contributed by atoms with Crippen molar-refractivity contribution in [2.75, 3.05) is 13.2 Å². The lowest BCUT2D eigenvalue weighted by atomic mass is 10.1. The number of rotatable bonds is 18. The Bertz CT molecular complexity index is 479. The van der Waals surface area contributed by atoms with Crippen LogP contribution in [0.1, 0.15) is 104 Å². The highest BCUT2D eigenvalue weighted by atomic mass is 16.5. The first kappa shape index (κ1) is 30.4. The van der Waals surface area contributed by atoms with Crippen LogP contribution in [0, 0.1) is 0 Å². The zero-order valence-electron chi connectivity index (χ0n) is 19.9. The summed E-state index contributed by atoms with van der Waals surface area (Å²) < 4.78 is 10.3. The Morgan fingerprint density at radius 3 is 1.57 bits per heavy atom. The van der Waals surface area contributed by atoms with Crippen molar-refractivity contribution in [3.8, 4) is 0 Å². The number of carbonyl (C=O) groups is 2. The molecule has 0 aromatic rings. The van der Waals surface area contributed by atoms with Gasteiger partial charge in [-0.3, -0.25) is 4.79 Å². The van der Waals surface area contributed by atoms with Crippen LogP contribution >= 0.6 is 0 Å². The summed E-state index contributed by atoms with van der Waals surface area (Å²) in [7, 11) is 0. The summed E-state index contributed by atoms with van der Waals surface area (Å²) in [6, 6.07) is 0. The van der Waals surface area contributed by atoms with E-state index in [4.69, 9.17) is 9.47 Å². The quantitative estimate of drug-likeness (QED) is 0.0993. The highest BCUT2D eigenvalue weighted by Crippen LogP contribution is 2.08. The zero-order chi connectivity index (χ0) is 23.0. The van der Waals surface area contributed by atoms with Crippen LogP contribution in [0.5, 0.6) is 0 Å². The fraction of sp³-hybridized carbons (Fsp3) is 0.692. The van der Waals surface area contributed by atoms with E-state index in [-0.39, 0.29) is 12.0 Å². The van der Waals surface area contributed by atoms with Gasteiger partial charge in [0.25, 0.3) is 0 Å². The van der Waals surface area contributed by atoms with E-state index < -0.39 is 11.9 Å². The predicted molar refractivity (Wildman–Crippen MR) is 127 cm³/mol. The number of ether oxygens (including phenoxy) is 2. The molecule has 0 atom stereocenters. The summed E-state index contributed by atoms with van der Waals surface area (Å²) in [6.45, 7) is 17.8. The Morgan fingerprint density at radius 1 is 0.733 bits per heavy atom. The Hall–Kier alpha value is -1.84. The zero-order valence-corrected chi connectivity index (χ0v) is 19.9. The number of hydrogen-bond donors (Lipinski definition) is 0. The van der Waals surface area contributed by atoms with Gasteiger partial charge < -0.3 is 9.47 Å². The number of allylic oxidation sites excluding steroid dienone is 2. The molecule has 0 bridgehead atoms. The van der Waals surface area contributed by atoms with E-state index in [2.05, 4.69) is 33.6 Å². The molecular weight excluding hydrogens is 376 g/mol. The molecule has 4 heteroatoms. The maximum Gasteiger partial charge on any atom is 0.333 e. The number of esters is 2. The summed E-state index contributed by atoms with van der Waals surface area (Å²) in [6.07, 6.45) is 15.4. The third kappa shape index (κ3) is 24.2. The van der Waals surface area contributed by atoms with Crippen LogP contribution in [-0.2, 0) is 19.1 Å². The van der Waals surface area contributed by atoms with E-state index in [1.807, 2.05) is 6.92 Å². The van der Waals surface area contributed by atoms with Crippen molar-refractivity contribution in [2.45, 2.75) is 104 Å². The van der Waals surface area contributed by atoms with Crippen molar-refractivity contribution in [1.82, 2.24) is 0 Å². The van der Waals surface area contributed by atoms with Crippen LogP contribution in [-0.4, -0.2) is 25.2 Å². The van der Waals surface area contributed by atoms with Crippen molar-refractivity contribution >= 4 is 11.9 Å². The Kier molecular flexibility index (Phi) is 23.7. The van der Waals surface area contributed by atoms with Gasteiger partial charge in [-0.2, -0.15) is 0 Å². The Balaban J connectivity index is 0. The monoisotopic (exact) mass is 422 g/mol. The molecule has 0 radical (unpaired) electrons. The van der Waals surface area contributed by atoms with E-state index in [0.717, 1.165) is 31.3 Å². The van der Waals surface area contributed by atoms with Gasteiger partial charge in [-0.05, 0) is 19.8 Å². The maximum atomic E-state index is 11.8. The van der Waals surface area contributed by atoms with Crippen LogP contribution in [0.4, 0.5) is 0 Å². The lowest BCUT2D eigenvalue weighted by molar-refractivity contribution is -0.146. The Morgan fingerprint density at radius 2 is 1.13 bits per heavy atom. The van der Waals surface area contributed by atoms with Crippen LogP contribution < -0.4 is 0 Å². The minimum absolute atomic E-state index is 0.0782. The molecule has 0 heterocycles. The van der Waals surface area contributed by atoms with Crippen molar-refractivity contribution in [1.29, 1.82) is 0 Å². The molecule has 0 aromatic heterocycles. The van der Waals surface area contributed by atoms with Crippen molar-refractivity contribution in [3.63, 3.8) is 0 Å². The van der Waals surface area contributed by atoms with Crippen LogP contribution in [0.15, 0.2) is 37.0 Å². The molecule has 0 saturated heterocycles. The molecule has 0 aromatic carbocycles. The average Bonchev–Trinajstić information content (AvgIpc) is 2.72. The standard InChI is InChI=1S/C21H38O4.C5H8/c1-4-6-8-10-12-14-16-24-20(22)18-19(3)21(23)25-17-15-13-11-9-7-5-2;1-4-5(2)3/h3-18H2,1-2H3;4H,1-2H2,3H3. The van der Waals surface area contributed by atoms with Gasteiger partial charge in [0.1, 0.15) is 0 Å². The lowest BCUT2D eigenvalue weighted by Crippen LogP contribution is -2.14. The average molecular weight is 423 g/mol. The van der Waals surface area contributed by atoms with E-state index in [0.29, 0.717) is 13.2 Å². The maximum absolute atomic E-state index is 11.8. The lowest BCUT2D eigenvalue weighted by Gasteiger charge is -2.08. The molecule has 0 aliphatic rings. The Labute approximate surface area is 185 Å². The fourth-order valence-electron chi connectivity index (χ4n) is 2.52. The molecule has 0 aliphatic heterocycles. The molecule has 30 heavy (non-hydrogen) atoms. The first-order valence-corrected chi connectivity index (χ1v) is 11.7. The third-order valence-electron chi connectivity index (χ3n) is 4.49. The normalized spacial score (nSPS) is 9.83. The second-order valence-electron chi connectivity index (χ2n) is 7.72.